The lowest BCUT2D eigenvalue weighted by Gasteiger charge is -1.79. The van der Waals surface area contributed by atoms with Crippen molar-refractivity contribution in [1.82, 2.24) is 0 Å². The molecule has 0 unspecified atom stereocenters. The summed E-state index contributed by atoms with van der Waals surface area (Å²) in [6.45, 7) is 0. The second kappa shape index (κ2) is 6.71. The molecule has 0 aromatic carbocycles. The number of rotatable bonds is 2. The van der Waals surface area contributed by atoms with Crippen molar-refractivity contribution in [2.24, 2.45) is 0 Å². The van der Waals surface area contributed by atoms with E-state index < -0.39 is 0 Å². The molecule has 0 bridgehead atoms. The lowest BCUT2D eigenvalue weighted by Crippen LogP contribution is -1.70. The monoisotopic (exact) mass is 174 g/mol. The van der Waals surface area contributed by atoms with Crippen LogP contribution in [0.3, 0.4) is 0 Å². The summed E-state index contributed by atoms with van der Waals surface area (Å²) >= 11 is 3.25. The number of alkyl halides is 1. The predicted octanol–water partition coefficient (Wildman–Crippen LogP) is 1.36. The predicted molar refractivity (Wildman–Crippen MR) is 36.9 cm³/mol. The SMILES string of the molecule is O=CC#CCCCBr. The molecule has 0 aromatic rings. The second-order valence-corrected chi connectivity index (χ2v) is 2.02. The van der Waals surface area contributed by atoms with Crippen LogP contribution in [-0.4, -0.2) is 11.6 Å². The van der Waals surface area contributed by atoms with Crippen molar-refractivity contribution in [2.75, 3.05) is 5.33 Å². The summed E-state index contributed by atoms with van der Waals surface area (Å²) < 4.78 is 0. The van der Waals surface area contributed by atoms with Crippen LogP contribution in [0.2, 0.25) is 0 Å². The Bertz CT molecular complexity index is 109. The molecule has 44 valence electrons. The average molecular weight is 175 g/mol. The molecule has 0 heterocycles. The Hall–Kier alpha value is -0.290. The summed E-state index contributed by atoms with van der Waals surface area (Å²) in [6, 6.07) is 0. The highest BCUT2D eigenvalue weighted by atomic mass is 79.9. The highest BCUT2D eigenvalue weighted by Gasteiger charge is 1.75. The molecule has 0 fully saturated rings. The van der Waals surface area contributed by atoms with Crippen molar-refractivity contribution in [3.63, 3.8) is 0 Å². The lowest BCUT2D eigenvalue weighted by molar-refractivity contribution is -0.103. The van der Waals surface area contributed by atoms with Crippen molar-refractivity contribution in [2.45, 2.75) is 12.8 Å². The van der Waals surface area contributed by atoms with E-state index in [4.69, 9.17) is 0 Å². The van der Waals surface area contributed by atoms with Crippen LogP contribution in [0.25, 0.3) is 0 Å². The van der Waals surface area contributed by atoms with Gasteiger partial charge in [-0.2, -0.15) is 0 Å². The van der Waals surface area contributed by atoms with Crippen LogP contribution in [0.5, 0.6) is 0 Å². The number of unbranched alkanes of at least 4 members (excludes halogenated alkanes) is 1. The van der Waals surface area contributed by atoms with Gasteiger partial charge in [-0.1, -0.05) is 21.9 Å². The minimum atomic E-state index is 0.619. The summed E-state index contributed by atoms with van der Waals surface area (Å²) in [4.78, 5) is 9.58. The molecule has 0 atom stereocenters. The third-order valence-electron chi connectivity index (χ3n) is 0.596. The fourth-order valence-corrected chi connectivity index (χ4v) is 0.549. The quantitative estimate of drug-likeness (QED) is 0.268. The van der Waals surface area contributed by atoms with Crippen molar-refractivity contribution >= 4 is 22.2 Å². The summed E-state index contributed by atoms with van der Waals surface area (Å²) in [5, 5.41) is 0.959. The Kier molecular flexibility index (Phi) is 6.47. The van der Waals surface area contributed by atoms with Gasteiger partial charge in [-0.15, -0.1) is 0 Å². The number of hydrogen-bond acceptors (Lipinski definition) is 1. The standard InChI is InChI=1S/C6H7BrO/c7-5-3-1-2-4-6-8/h6H,1,3,5H2. The molecule has 0 aliphatic rings. The molecule has 2 heteroatoms. The van der Waals surface area contributed by atoms with Gasteiger partial charge in [0.1, 0.15) is 0 Å². The zero-order chi connectivity index (χ0) is 6.24. The first-order valence-corrected chi connectivity index (χ1v) is 3.52. The number of hydrogen-bond donors (Lipinski definition) is 0. The van der Waals surface area contributed by atoms with Crippen molar-refractivity contribution in [1.29, 1.82) is 0 Å². The van der Waals surface area contributed by atoms with Crippen LogP contribution in [-0.2, 0) is 4.79 Å². The number of aldehydes is 1. The largest absolute Gasteiger partial charge is 0.289 e. The van der Waals surface area contributed by atoms with Gasteiger partial charge in [0, 0.05) is 11.8 Å². The van der Waals surface area contributed by atoms with Gasteiger partial charge in [0.15, 0.2) is 6.29 Å². The molecule has 8 heavy (non-hydrogen) atoms. The van der Waals surface area contributed by atoms with Crippen LogP contribution in [0, 0.1) is 11.8 Å². The molecule has 0 rings (SSSR count). The van der Waals surface area contributed by atoms with E-state index in [1.165, 1.54) is 0 Å². The van der Waals surface area contributed by atoms with Crippen LogP contribution in [0.4, 0.5) is 0 Å². The van der Waals surface area contributed by atoms with Gasteiger partial charge >= 0.3 is 0 Å². The minimum Gasteiger partial charge on any atom is -0.289 e. The van der Waals surface area contributed by atoms with Gasteiger partial charge in [0.05, 0.1) is 0 Å². The van der Waals surface area contributed by atoms with Gasteiger partial charge < -0.3 is 0 Å². The van der Waals surface area contributed by atoms with Crippen LogP contribution in [0.1, 0.15) is 12.8 Å². The van der Waals surface area contributed by atoms with Crippen molar-refractivity contribution in [3.8, 4) is 11.8 Å². The smallest absolute Gasteiger partial charge is 0.192 e. The van der Waals surface area contributed by atoms with Crippen molar-refractivity contribution < 1.29 is 4.79 Å². The Morgan fingerprint density at radius 3 is 2.88 bits per heavy atom. The molecular weight excluding hydrogens is 168 g/mol. The minimum absolute atomic E-state index is 0.619. The third kappa shape index (κ3) is 5.71. The van der Waals surface area contributed by atoms with Gasteiger partial charge in [-0.3, -0.25) is 4.79 Å². The van der Waals surface area contributed by atoms with Crippen molar-refractivity contribution in [3.05, 3.63) is 0 Å². The zero-order valence-corrected chi connectivity index (χ0v) is 6.07. The Morgan fingerprint density at radius 2 is 2.38 bits per heavy atom. The van der Waals surface area contributed by atoms with E-state index in [1.807, 2.05) is 0 Å². The Labute approximate surface area is 57.6 Å². The molecular formula is C6H7BrO. The topological polar surface area (TPSA) is 17.1 Å². The van der Waals surface area contributed by atoms with E-state index in [2.05, 4.69) is 27.8 Å². The first-order chi connectivity index (χ1) is 3.91. The van der Waals surface area contributed by atoms with Gasteiger partial charge in [-0.05, 0) is 12.3 Å². The average Bonchev–Trinajstić information content (AvgIpc) is 1.81. The first-order valence-electron chi connectivity index (χ1n) is 2.40. The molecule has 0 amide bonds. The van der Waals surface area contributed by atoms with Crippen LogP contribution in [0.15, 0.2) is 0 Å². The molecule has 0 aliphatic carbocycles. The van der Waals surface area contributed by atoms with Gasteiger partial charge in [0.2, 0.25) is 0 Å². The summed E-state index contributed by atoms with van der Waals surface area (Å²) in [6.07, 6.45) is 2.44. The van der Waals surface area contributed by atoms with Gasteiger partial charge in [-0.25, -0.2) is 0 Å². The summed E-state index contributed by atoms with van der Waals surface area (Å²) in [7, 11) is 0. The van der Waals surface area contributed by atoms with Gasteiger partial charge in [0.25, 0.3) is 0 Å². The van der Waals surface area contributed by atoms with E-state index in [0.29, 0.717) is 6.29 Å². The maximum absolute atomic E-state index is 9.58. The molecule has 0 radical (unpaired) electrons. The molecule has 0 saturated heterocycles. The zero-order valence-electron chi connectivity index (χ0n) is 4.48. The van der Waals surface area contributed by atoms with E-state index in [1.54, 1.807) is 0 Å². The van der Waals surface area contributed by atoms with E-state index in [-0.39, 0.29) is 0 Å². The Balaban J connectivity index is 3.02. The number of carbonyl (C=O) groups excluding carboxylic acids is 1. The highest BCUT2D eigenvalue weighted by molar-refractivity contribution is 9.09. The fraction of sp³-hybridized carbons (Fsp3) is 0.500. The molecule has 0 spiro atoms. The third-order valence-corrected chi connectivity index (χ3v) is 1.16. The molecule has 0 aromatic heterocycles. The van der Waals surface area contributed by atoms with E-state index in [9.17, 15) is 4.79 Å². The maximum Gasteiger partial charge on any atom is 0.192 e. The summed E-state index contributed by atoms with van der Waals surface area (Å²) in [5.41, 5.74) is 0. The Morgan fingerprint density at radius 1 is 1.62 bits per heavy atom. The molecule has 1 nitrogen and oxygen atoms in total. The maximum atomic E-state index is 9.58. The lowest BCUT2D eigenvalue weighted by atomic mass is 10.3. The highest BCUT2D eigenvalue weighted by Crippen LogP contribution is 1.90. The molecule has 0 saturated carbocycles. The molecule has 0 aliphatic heterocycles. The normalized spacial score (nSPS) is 7.12. The fourth-order valence-electron chi connectivity index (χ4n) is 0.269. The van der Waals surface area contributed by atoms with Crippen LogP contribution >= 0.6 is 15.9 Å². The number of carbonyl (C=O) groups is 1. The van der Waals surface area contributed by atoms with Crippen LogP contribution < -0.4 is 0 Å². The molecule has 0 N–H and O–H groups in total. The first kappa shape index (κ1) is 7.71. The second-order valence-electron chi connectivity index (χ2n) is 1.23. The van der Waals surface area contributed by atoms with E-state index >= 15 is 0 Å². The number of halogens is 1. The van der Waals surface area contributed by atoms with E-state index in [0.717, 1.165) is 18.2 Å². The summed E-state index contributed by atoms with van der Waals surface area (Å²) in [5.74, 6) is 5.02.